The van der Waals surface area contributed by atoms with Crippen molar-refractivity contribution >= 4 is 33.9 Å². The SMILES string of the molecule is CNC(=O)c1csc(C(=O)c2c[nH]c3ccccc23)n1. The minimum absolute atomic E-state index is 0.178. The molecule has 2 aromatic heterocycles. The first-order chi connectivity index (χ1) is 9.70. The topological polar surface area (TPSA) is 74.8 Å². The van der Waals surface area contributed by atoms with Crippen molar-refractivity contribution in [2.45, 2.75) is 0 Å². The lowest BCUT2D eigenvalue weighted by Crippen LogP contribution is -2.18. The molecule has 0 aliphatic heterocycles. The first-order valence-electron chi connectivity index (χ1n) is 5.99. The molecule has 0 saturated heterocycles. The van der Waals surface area contributed by atoms with Crippen LogP contribution in [0, 0.1) is 0 Å². The predicted molar refractivity (Wildman–Crippen MR) is 77.2 cm³/mol. The quantitative estimate of drug-likeness (QED) is 0.724. The minimum atomic E-state index is -0.292. The molecule has 3 rings (SSSR count). The summed E-state index contributed by atoms with van der Waals surface area (Å²) in [5, 5.41) is 5.24. The number of hydrogen-bond donors (Lipinski definition) is 2. The number of thiazole rings is 1. The van der Waals surface area contributed by atoms with E-state index in [0.29, 0.717) is 10.6 Å². The summed E-state index contributed by atoms with van der Waals surface area (Å²) in [6, 6.07) is 7.57. The van der Waals surface area contributed by atoms with Crippen LogP contribution in [-0.2, 0) is 0 Å². The van der Waals surface area contributed by atoms with E-state index >= 15 is 0 Å². The van der Waals surface area contributed by atoms with Crippen LogP contribution in [0.1, 0.15) is 25.9 Å². The number of benzene rings is 1. The van der Waals surface area contributed by atoms with Crippen molar-refractivity contribution in [3.63, 3.8) is 0 Å². The number of aromatic nitrogens is 2. The molecule has 5 nitrogen and oxygen atoms in total. The third-order valence-corrected chi connectivity index (χ3v) is 3.83. The molecule has 0 spiro atoms. The van der Waals surface area contributed by atoms with Crippen LogP contribution in [0.15, 0.2) is 35.8 Å². The maximum Gasteiger partial charge on any atom is 0.270 e. The highest BCUT2D eigenvalue weighted by Crippen LogP contribution is 2.22. The van der Waals surface area contributed by atoms with Crippen LogP contribution in [-0.4, -0.2) is 28.7 Å². The Bertz CT molecular complexity index is 803. The van der Waals surface area contributed by atoms with Crippen LogP contribution < -0.4 is 5.32 Å². The summed E-state index contributed by atoms with van der Waals surface area (Å²) in [4.78, 5) is 31.0. The van der Waals surface area contributed by atoms with Gasteiger partial charge in [-0.3, -0.25) is 9.59 Å². The molecule has 0 radical (unpaired) electrons. The average Bonchev–Trinajstić information content (AvgIpc) is 3.12. The van der Waals surface area contributed by atoms with Gasteiger partial charge in [0.2, 0.25) is 5.78 Å². The fourth-order valence-corrected chi connectivity index (χ4v) is 2.74. The first-order valence-corrected chi connectivity index (χ1v) is 6.87. The van der Waals surface area contributed by atoms with E-state index in [1.807, 2.05) is 24.3 Å². The normalized spacial score (nSPS) is 10.7. The predicted octanol–water partition coefficient (Wildman–Crippen LogP) is 2.21. The second-order valence-corrected chi connectivity index (χ2v) is 5.05. The molecule has 6 heteroatoms. The Kier molecular flexibility index (Phi) is 3.08. The lowest BCUT2D eigenvalue weighted by molar-refractivity contribution is 0.0959. The number of carbonyl (C=O) groups excluding carboxylic acids is 2. The van der Waals surface area contributed by atoms with Crippen molar-refractivity contribution in [2.24, 2.45) is 0 Å². The Labute approximate surface area is 118 Å². The molecule has 0 aliphatic rings. The van der Waals surface area contributed by atoms with Crippen molar-refractivity contribution in [2.75, 3.05) is 7.05 Å². The van der Waals surface area contributed by atoms with Gasteiger partial charge >= 0.3 is 0 Å². The Morgan fingerprint density at radius 3 is 2.90 bits per heavy atom. The van der Waals surface area contributed by atoms with Crippen molar-refractivity contribution in [3.8, 4) is 0 Å². The van der Waals surface area contributed by atoms with Gasteiger partial charge in [0, 0.05) is 29.5 Å². The summed E-state index contributed by atoms with van der Waals surface area (Å²) in [6.45, 7) is 0. The number of hydrogen-bond acceptors (Lipinski definition) is 4. The van der Waals surface area contributed by atoms with E-state index in [2.05, 4.69) is 15.3 Å². The summed E-state index contributed by atoms with van der Waals surface area (Å²) in [5.41, 5.74) is 1.73. The van der Waals surface area contributed by atoms with E-state index in [1.165, 1.54) is 18.4 Å². The number of nitrogens with zero attached hydrogens (tertiary/aromatic N) is 1. The van der Waals surface area contributed by atoms with Crippen molar-refractivity contribution in [1.29, 1.82) is 0 Å². The second-order valence-electron chi connectivity index (χ2n) is 4.19. The number of amides is 1. The van der Waals surface area contributed by atoms with E-state index in [9.17, 15) is 9.59 Å². The molecular formula is C14H11N3O2S. The van der Waals surface area contributed by atoms with E-state index < -0.39 is 0 Å². The number of nitrogens with one attached hydrogen (secondary N) is 2. The molecule has 0 bridgehead atoms. The number of aromatic amines is 1. The molecule has 100 valence electrons. The zero-order valence-corrected chi connectivity index (χ0v) is 11.5. The molecule has 2 heterocycles. The molecule has 20 heavy (non-hydrogen) atoms. The van der Waals surface area contributed by atoms with Crippen LogP contribution in [0.5, 0.6) is 0 Å². The summed E-state index contributed by atoms with van der Waals surface area (Å²) < 4.78 is 0. The van der Waals surface area contributed by atoms with E-state index in [-0.39, 0.29) is 17.4 Å². The molecule has 3 aromatic rings. The highest BCUT2D eigenvalue weighted by molar-refractivity contribution is 7.12. The highest BCUT2D eigenvalue weighted by Gasteiger charge is 2.19. The largest absolute Gasteiger partial charge is 0.360 e. The van der Waals surface area contributed by atoms with Crippen LogP contribution in [0.3, 0.4) is 0 Å². The van der Waals surface area contributed by atoms with Gasteiger partial charge in [-0.1, -0.05) is 18.2 Å². The Hall–Kier alpha value is -2.47. The molecule has 0 saturated carbocycles. The van der Waals surface area contributed by atoms with Crippen LogP contribution in [0.4, 0.5) is 0 Å². The number of ketones is 1. The van der Waals surface area contributed by atoms with Gasteiger partial charge in [-0.25, -0.2) is 4.98 Å². The molecule has 1 aromatic carbocycles. The average molecular weight is 285 g/mol. The standard InChI is InChI=1S/C14H11N3O2S/c1-15-13(19)11-7-20-14(17-11)12(18)9-6-16-10-5-3-2-4-8(9)10/h2-7,16H,1H3,(H,15,19). The van der Waals surface area contributed by atoms with Crippen LogP contribution in [0.25, 0.3) is 10.9 Å². The van der Waals surface area contributed by atoms with E-state index in [0.717, 1.165) is 10.9 Å². The van der Waals surface area contributed by atoms with Gasteiger partial charge in [-0.15, -0.1) is 11.3 Å². The van der Waals surface area contributed by atoms with Gasteiger partial charge in [-0.2, -0.15) is 0 Å². The Morgan fingerprint density at radius 1 is 1.30 bits per heavy atom. The third kappa shape index (κ3) is 2.00. The monoisotopic (exact) mass is 285 g/mol. The van der Waals surface area contributed by atoms with Gasteiger partial charge in [-0.05, 0) is 6.07 Å². The maximum atomic E-state index is 12.4. The lowest BCUT2D eigenvalue weighted by Gasteiger charge is -1.95. The zero-order chi connectivity index (χ0) is 14.1. The summed E-state index contributed by atoms with van der Waals surface area (Å²) in [7, 11) is 1.53. The number of carbonyl (C=O) groups is 2. The number of H-pyrrole nitrogens is 1. The zero-order valence-electron chi connectivity index (χ0n) is 10.6. The second kappa shape index (κ2) is 4.90. The summed E-state index contributed by atoms with van der Waals surface area (Å²) >= 11 is 1.17. The first kappa shape index (κ1) is 12.6. The van der Waals surface area contributed by atoms with Crippen LogP contribution in [0.2, 0.25) is 0 Å². The smallest absolute Gasteiger partial charge is 0.270 e. The highest BCUT2D eigenvalue weighted by atomic mass is 32.1. The number of para-hydroxylation sites is 1. The third-order valence-electron chi connectivity index (χ3n) is 2.99. The van der Waals surface area contributed by atoms with Gasteiger partial charge < -0.3 is 10.3 Å². The number of rotatable bonds is 3. The Balaban J connectivity index is 2.00. The Morgan fingerprint density at radius 2 is 2.10 bits per heavy atom. The molecule has 1 amide bonds. The fraction of sp³-hybridized carbons (Fsp3) is 0.0714. The van der Waals surface area contributed by atoms with Crippen LogP contribution >= 0.6 is 11.3 Å². The van der Waals surface area contributed by atoms with Crippen molar-refractivity contribution in [3.05, 3.63) is 52.1 Å². The van der Waals surface area contributed by atoms with Gasteiger partial charge in [0.05, 0.1) is 5.56 Å². The van der Waals surface area contributed by atoms with Gasteiger partial charge in [0.1, 0.15) is 5.69 Å². The lowest BCUT2D eigenvalue weighted by atomic mass is 10.1. The van der Waals surface area contributed by atoms with Gasteiger partial charge in [0.25, 0.3) is 5.91 Å². The fourth-order valence-electron chi connectivity index (χ4n) is 1.98. The summed E-state index contributed by atoms with van der Waals surface area (Å²) in [6.07, 6.45) is 1.67. The molecule has 0 unspecified atom stereocenters. The molecular weight excluding hydrogens is 274 g/mol. The van der Waals surface area contributed by atoms with Crippen molar-refractivity contribution < 1.29 is 9.59 Å². The molecule has 0 aliphatic carbocycles. The van der Waals surface area contributed by atoms with E-state index in [4.69, 9.17) is 0 Å². The van der Waals surface area contributed by atoms with E-state index in [1.54, 1.807) is 11.6 Å². The summed E-state index contributed by atoms with van der Waals surface area (Å²) in [5.74, 6) is -0.471. The minimum Gasteiger partial charge on any atom is -0.360 e. The number of fused-ring (bicyclic) bond motifs is 1. The maximum absolute atomic E-state index is 12.4. The van der Waals surface area contributed by atoms with Crippen molar-refractivity contribution in [1.82, 2.24) is 15.3 Å². The molecule has 0 atom stereocenters. The van der Waals surface area contributed by atoms with Gasteiger partial charge in [0.15, 0.2) is 5.01 Å². The molecule has 2 N–H and O–H groups in total. The molecule has 0 fully saturated rings.